The van der Waals surface area contributed by atoms with Crippen LogP contribution >= 0.6 is 11.6 Å². The third-order valence-electron chi connectivity index (χ3n) is 4.46. The van der Waals surface area contributed by atoms with E-state index >= 15 is 0 Å². The van der Waals surface area contributed by atoms with E-state index in [0.29, 0.717) is 5.02 Å². The van der Waals surface area contributed by atoms with E-state index in [1.165, 1.54) is 11.1 Å². The minimum absolute atomic E-state index is 0.0850. The van der Waals surface area contributed by atoms with Crippen LogP contribution in [0, 0.1) is 0 Å². The molecule has 1 aliphatic rings. The lowest BCUT2D eigenvalue weighted by molar-refractivity contribution is 0.223. The van der Waals surface area contributed by atoms with Crippen molar-refractivity contribution in [2.24, 2.45) is 0 Å². The van der Waals surface area contributed by atoms with Crippen LogP contribution in [0.15, 0.2) is 48.5 Å². The molecule has 1 saturated heterocycles. The third kappa shape index (κ3) is 3.13. The zero-order chi connectivity index (χ0) is 15.6. The van der Waals surface area contributed by atoms with Gasteiger partial charge in [0.15, 0.2) is 0 Å². The van der Waals surface area contributed by atoms with Crippen molar-refractivity contribution in [1.29, 1.82) is 0 Å². The molecule has 1 aliphatic heterocycles. The zero-order valence-electron chi connectivity index (χ0n) is 13.1. The third-order valence-corrected chi connectivity index (χ3v) is 4.75. The second-order valence-corrected chi connectivity index (χ2v) is 6.78. The molecule has 0 aromatic heterocycles. The van der Waals surface area contributed by atoms with Gasteiger partial charge in [-0.25, -0.2) is 0 Å². The number of nitrogens with one attached hydrogen (secondary N) is 1. The van der Waals surface area contributed by atoms with Gasteiger partial charge in [-0.2, -0.15) is 0 Å². The highest BCUT2D eigenvalue weighted by molar-refractivity contribution is 6.32. The molecule has 0 unspecified atom stereocenters. The smallest absolute Gasteiger partial charge is 0.138 e. The molecule has 0 aliphatic carbocycles. The monoisotopic (exact) mass is 315 g/mol. The highest BCUT2D eigenvalue weighted by atomic mass is 35.5. The van der Waals surface area contributed by atoms with Gasteiger partial charge in [0.2, 0.25) is 0 Å². The van der Waals surface area contributed by atoms with E-state index in [0.717, 1.165) is 25.3 Å². The fourth-order valence-electron chi connectivity index (χ4n) is 2.91. The molecule has 1 fully saturated rings. The molecule has 116 valence electrons. The maximum Gasteiger partial charge on any atom is 0.138 e. The Bertz CT molecular complexity index is 633. The summed E-state index contributed by atoms with van der Waals surface area (Å²) in [5.41, 5.74) is 2.39. The largest absolute Gasteiger partial charge is 0.487 e. The lowest BCUT2D eigenvalue weighted by Crippen LogP contribution is -2.21. The van der Waals surface area contributed by atoms with E-state index in [1.807, 2.05) is 18.2 Å². The second-order valence-electron chi connectivity index (χ2n) is 6.37. The van der Waals surface area contributed by atoms with Crippen LogP contribution in [-0.4, -0.2) is 19.2 Å². The van der Waals surface area contributed by atoms with Crippen LogP contribution in [0.5, 0.6) is 5.75 Å². The predicted octanol–water partition coefficient (Wildman–Crippen LogP) is 4.41. The van der Waals surface area contributed by atoms with E-state index < -0.39 is 0 Å². The molecule has 0 amide bonds. The number of hydrogen-bond donors (Lipinski definition) is 1. The summed E-state index contributed by atoms with van der Waals surface area (Å²) in [6, 6.07) is 16.7. The first-order chi connectivity index (χ1) is 10.6. The van der Waals surface area contributed by atoms with Gasteiger partial charge in [0, 0.05) is 12.0 Å². The molecule has 3 heteroatoms. The van der Waals surface area contributed by atoms with Gasteiger partial charge < -0.3 is 10.1 Å². The van der Waals surface area contributed by atoms with Gasteiger partial charge in [0.1, 0.15) is 11.9 Å². The molecule has 2 nitrogen and oxygen atoms in total. The van der Waals surface area contributed by atoms with Crippen LogP contribution < -0.4 is 10.1 Å². The molecule has 0 bridgehead atoms. The van der Waals surface area contributed by atoms with Gasteiger partial charge in [-0.15, -0.1) is 0 Å². The Morgan fingerprint density at radius 3 is 2.50 bits per heavy atom. The van der Waals surface area contributed by atoms with Gasteiger partial charge in [-0.1, -0.05) is 61.8 Å². The topological polar surface area (TPSA) is 21.3 Å². The van der Waals surface area contributed by atoms with Crippen molar-refractivity contribution in [1.82, 2.24) is 5.32 Å². The van der Waals surface area contributed by atoms with Crippen molar-refractivity contribution < 1.29 is 4.74 Å². The Hall–Kier alpha value is -1.51. The van der Waals surface area contributed by atoms with Crippen LogP contribution in [0.1, 0.15) is 31.4 Å². The van der Waals surface area contributed by atoms with E-state index in [-0.39, 0.29) is 11.5 Å². The van der Waals surface area contributed by atoms with Gasteiger partial charge in [-0.05, 0) is 36.2 Å². The molecule has 2 aromatic carbocycles. The lowest BCUT2D eigenvalue weighted by atomic mass is 9.78. The molecule has 1 N–H and O–H groups in total. The van der Waals surface area contributed by atoms with Crippen LogP contribution in [0.25, 0.3) is 0 Å². The maximum absolute atomic E-state index is 6.46. The predicted molar refractivity (Wildman–Crippen MR) is 91.9 cm³/mol. The van der Waals surface area contributed by atoms with E-state index in [2.05, 4.69) is 49.5 Å². The van der Waals surface area contributed by atoms with Gasteiger partial charge in [0.25, 0.3) is 0 Å². The summed E-state index contributed by atoms with van der Waals surface area (Å²) in [6.07, 6.45) is 1.26. The molecule has 0 spiro atoms. The summed E-state index contributed by atoms with van der Waals surface area (Å²) in [7, 11) is 0. The second kappa shape index (κ2) is 6.31. The SMILES string of the molecule is CC(C)(c1ccccc1)c1ccc(O[C@@H]2CCNC2)c(Cl)c1. The number of rotatable bonds is 4. The molecule has 0 radical (unpaired) electrons. The van der Waals surface area contributed by atoms with Gasteiger partial charge in [0.05, 0.1) is 5.02 Å². The first kappa shape index (κ1) is 15.4. The normalized spacial score (nSPS) is 18.4. The van der Waals surface area contributed by atoms with Gasteiger partial charge >= 0.3 is 0 Å². The summed E-state index contributed by atoms with van der Waals surface area (Å²) in [5, 5.41) is 3.99. The minimum atomic E-state index is -0.0850. The summed E-state index contributed by atoms with van der Waals surface area (Å²) >= 11 is 6.46. The summed E-state index contributed by atoms with van der Waals surface area (Å²) in [4.78, 5) is 0. The first-order valence-electron chi connectivity index (χ1n) is 7.80. The minimum Gasteiger partial charge on any atom is -0.487 e. The van der Waals surface area contributed by atoms with Crippen LogP contribution in [0.2, 0.25) is 5.02 Å². The van der Waals surface area contributed by atoms with Crippen molar-refractivity contribution in [2.45, 2.75) is 31.8 Å². The molecular weight excluding hydrogens is 294 g/mol. The Morgan fingerprint density at radius 1 is 1.09 bits per heavy atom. The van der Waals surface area contributed by atoms with Crippen molar-refractivity contribution in [2.75, 3.05) is 13.1 Å². The summed E-state index contributed by atoms with van der Waals surface area (Å²) in [5.74, 6) is 0.781. The molecule has 3 rings (SSSR count). The fraction of sp³-hybridized carbons (Fsp3) is 0.368. The summed E-state index contributed by atoms with van der Waals surface area (Å²) in [6.45, 7) is 6.35. The number of halogens is 1. The molecular formula is C19H22ClNO. The molecule has 0 saturated carbocycles. The highest BCUT2D eigenvalue weighted by Gasteiger charge is 2.24. The van der Waals surface area contributed by atoms with Crippen molar-refractivity contribution in [3.63, 3.8) is 0 Å². The molecule has 22 heavy (non-hydrogen) atoms. The number of hydrogen-bond acceptors (Lipinski definition) is 2. The highest BCUT2D eigenvalue weighted by Crippen LogP contribution is 2.36. The maximum atomic E-state index is 6.46. The van der Waals surface area contributed by atoms with E-state index in [1.54, 1.807) is 0 Å². The van der Waals surface area contributed by atoms with Crippen LogP contribution in [-0.2, 0) is 5.41 Å². The van der Waals surface area contributed by atoms with Crippen LogP contribution in [0.3, 0.4) is 0 Å². The quantitative estimate of drug-likeness (QED) is 0.902. The van der Waals surface area contributed by atoms with Crippen molar-refractivity contribution >= 4 is 11.6 Å². The lowest BCUT2D eigenvalue weighted by Gasteiger charge is -2.27. The first-order valence-corrected chi connectivity index (χ1v) is 8.18. The standard InChI is InChI=1S/C19H22ClNO/c1-19(2,14-6-4-3-5-7-14)15-8-9-18(17(20)12-15)22-16-10-11-21-13-16/h3-9,12,16,21H,10-11,13H2,1-2H3/t16-/m1/s1. The fourth-order valence-corrected chi connectivity index (χ4v) is 3.14. The van der Waals surface area contributed by atoms with E-state index in [4.69, 9.17) is 16.3 Å². The summed E-state index contributed by atoms with van der Waals surface area (Å²) < 4.78 is 5.99. The Morgan fingerprint density at radius 2 is 1.86 bits per heavy atom. The van der Waals surface area contributed by atoms with Crippen molar-refractivity contribution in [3.05, 3.63) is 64.7 Å². The average molecular weight is 316 g/mol. The molecule has 1 atom stereocenters. The Balaban J connectivity index is 1.84. The number of ether oxygens (including phenoxy) is 1. The molecule has 1 heterocycles. The average Bonchev–Trinajstić information content (AvgIpc) is 3.03. The zero-order valence-corrected chi connectivity index (χ0v) is 13.9. The Labute approximate surface area is 137 Å². The molecule has 2 aromatic rings. The van der Waals surface area contributed by atoms with Crippen LogP contribution in [0.4, 0.5) is 0 Å². The van der Waals surface area contributed by atoms with Gasteiger partial charge in [-0.3, -0.25) is 0 Å². The Kier molecular flexibility index (Phi) is 4.42. The van der Waals surface area contributed by atoms with Crippen molar-refractivity contribution in [3.8, 4) is 5.75 Å². The van der Waals surface area contributed by atoms with E-state index in [9.17, 15) is 0 Å². The number of benzene rings is 2.